The average molecular weight is 238 g/mol. The number of fused-ring (bicyclic) bond motifs is 1. The first-order chi connectivity index (χ1) is 8.79. The fraction of sp³-hybridized carbons (Fsp3) is 0.133. The molecule has 0 atom stereocenters. The van der Waals surface area contributed by atoms with E-state index >= 15 is 0 Å². The van der Waals surface area contributed by atoms with Gasteiger partial charge in [-0.1, -0.05) is 12.1 Å². The van der Waals surface area contributed by atoms with E-state index in [4.69, 9.17) is 5.73 Å². The van der Waals surface area contributed by atoms with Gasteiger partial charge < -0.3 is 5.73 Å². The number of nitrogens with two attached hydrogens (primary N) is 1. The van der Waals surface area contributed by atoms with Gasteiger partial charge in [-0.15, -0.1) is 0 Å². The Bertz CT molecular complexity index is 681. The van der Waals surface area contributed by atoms with E-state index in [0.29, 0.717) is 0 Å². The molecular weight excluding hydrogens is 222 g/mol. The quantitative estimate of drug-likeness (QED) is 0.523. The number of imidazole rings is 1. The molecule has 0 bridgehead atoms. The molecule has 0 saturated carbocycles. The molecule has 0 spiro atoms. The number of nitrogens with zero attached hydrogens (tertiary/aromatic N) is 1. The Balaban J connectivity index is 2.25. The first-order valence-electron chi connectivity index (χ1n) is 6.16. The summed E-state index contributed by atoms with van der Waals surface area (Å²) in [6.45, 7) is 3.09. The number of para-hydroxylation sites is 2. The summed E-state index contributed by atoms with van der Waals surface area (Å²) in [5.41, 5.74) is 10.1. The molecule has 3 heteroatoms. The number of aromatic amines is 1. The Kier molecular flexibility index (Phi) is 2.52. The standard InChI is InChI=1S/C15H15N3/c1-2-18-14-6-4-3-5-13(14)17-15(18)11-7-9-12(16)10-8-11/h3-10H,2H2,1H3,(H2,16,17)/p+1. The van der Waals surface area contributed by atoms with Gasteiger partial charge in [0.05, 0.1) is 12.1 Å². The lowest BCUT2D eigenvalue weighted by atomic mass is 10.2. The molecule has 90 valence electrons. The third kappa shape index (κ3) is 1.64. The van der Waals surface area contributed by atoms with Crippen LogP contribution in [0.25, 0.3) is 22.4 Å². The maximum absolute atomic E-state index is 5.73. The van der Waals surface area contributed by atoms with E-state index < -0.39 is 0 Å². The van der Waals surface area contributed by atoms with Crippen molar-refractivity contribution in [1.82, 2.24) is 4.98 Å². The number of hydrogen-bond acceptors (Lipinski definition) is 1. The molecule has 3 N–H and O–H groups in total. The third-order valence-corrected chi connectivity index (χ3v) is 3.22. The Morgan fingerprint density at radius 2 is 1.78 bits per heavy atom. The molecule has 0 aliphatic heterocycles. The number of nitrogen functional groups attached to an aromatic ring is 1. The van der Waals surface area contributed by atoms with Crippen molar-refractivity contribution in [3.05, 3.63) is 48.5 Å². The molecule has 0 radical (unpaired) electrons. The summed E-state index contributed by atoms with van der Waals surface area (Å²) in [5, 5.41) is 0. The van der Waals surface area contributed by atoms with E-state index in [1.54, 1.807) is 0 Å². The van der Waals surface area contributed by atoms with Gasteiger partial charge in [0.2, 0.25) is 0 Å². The second kappa shape index (κ2) is 4.18. The second-order valence-corrected chi connectivity index (χ2v) is 4.36. The van der Waals surface area contributed by atoms with E-state index in [1.165, 1.54) is 5.52 Å². The number of nitrogens with one attached hydrogen (secondary N) is 1. The van der Waals surface area contributed by atoms with Crippen molar-refractivity contribution in [2.24, 2.45) is 0 Å². The molecule has 0 aliphatic carbocycles. The number of anilines is 1. The van der Waals surface area contributed by atoms with Crippen LogP contribution in [-0.4, -0.2) is 4.98 Å². The second-order valence-electron chi connectivity index (χ2n) is 4.36. The molecule has 0 fully saturated rings. The van der Waals surface area contributed by atoms with E-state index in [9.17, 15) is 0 Å². The first-order valence-corrected chi connectivity index (χ1v) is 6.16. The van der Waals surface area contributed by atoms with Crippen molar-refractivity contribution in [2.75, 3.05) is 5.73 Å². The minimum absolute atomic E-state index is 0.790. The molecule has 2 aromatic carbocycles. The highest BCUT2D eigenvalue weighted by Crippen LogP contribution is 2.19. The molecular formula is C15H16N3+. The predicted molar refractivity (Wildman–Crippen MR) is 74.0 cm³/mol. The number of hydrogen-bond donors (Lipinski definition) is 2. The summed E-state index contributed by atoms with van der Waals surface area (Å²) in [6, 6.07) is 16.3. The van der Waals surface area contributed by atoms with Crippen LogP contribution in [0.2, 0.25) is 0 Å². The summed E-state index contributed by atoms with van der Waals surface area (Å²) in [4.78, 5) is 3.47. The van der Waals surface area contributed by atoms with E-state index in [1.807, 2.05) is 30.3 Å². The van der Waals surface area contributed by atoms with Gasteiger partial charge >= 0.3 is 0 Å². The molecule has 0 saturated heterocycles. The average Bonchev–Trinajstić information content (AvgIpc) is 2.78. The van der Waals surface area contributed by atoms with Crippen LogP contribution >= 0.6 is 0 Å². The van der Waals surface area contributed by atoms with Crippen LogP contribution in [0.4, 0.5) is 5.69 Å². The molecule has 1 heterocycles. The Hall–Kier alpha value is -2.29. The van der Waals surface area contributed by atoms with Crippen LogP contribution in [0.5, 0.6) is 0 Å². The molecule has 0 aliphatic rings. The topological polar surface area (TPSA) is 45.7 Å². The molecule has 3 nitrogen and oxygen atoms in total. The number of H-pyrrole nitrogens is 1. The largest absolute Gasteiger partial charge is 0.399 e. The molecule has 3 aromatic rings. The van der Waals surface area contributed by atoms with Gasteiger partial charge in [-0.05, 0) is 43.3 Å². The minimum atomic E-state index is 0.790. The number of rotatable bonds is 2. The maximum atomic E-state index is 5.73. The zero-order chi connectivity index (χ0) is 12.5. The van der Waals surface area contributed by atoms with Crippen molar-refractivity contribution in [3.63, 3.8) is 0 Å². The van der Waals surface area contributed by atoms with Crippen molar-refractivity contribution >= 4 is 16.7 Å². The van der Waals surface area contributed by atoms with Gasteiger partial charge in [0, 0.05) is 5.69 Å². The monoisotopic (exact) mass is 238 g/mol. The van der Waals surface area contributed by atoms with E-state index in [-0.39, 0.29) is 0 Å². The van der Waals surface area contributed by atoms with Gasteiger partial charge in [-0.2, -0.15) is 0 Å². The summed E-state index contributed by atoms with van der Waals surface area (Å²) in [5.74, 6) is 1.12. The molecule has 3 rings (SSSR count). The van der Waals surface area contributed by atoms with Crippen LogP contribution in [0.15, 0.2) is 48.5 Å². The maximum Gasteiger partial charge on any atom is 0.287 e. The highest BCUT2D eigenvalue weighted by molar-refractivity contribution is 5.74. The normalized spacial score (nSPS) is 10.9. The zero-order valence-corrected chi connectivity index (χ0v) is 10.4. The number of aromatic nitrogens is 2. The third-order valence-electron chi connectivity index (χ3n) is 3.22. The summed E-state index contributed by atoms with van der Waals surface area (Å²) in [6.07, 6.45) is 0. The van der Waals surface area contributed by atoms with Crippen molar-refractivity contribution in [3.8, 4) is 11.4 Å². The number of aryl methyl sites for hydroxylation is 1. The summed E-state index contributed by atoms with van der Waals surface area (Å²) < 4.78 is 2.28. The molecule has 0 unspecified atom stereocenters. The number of benzene rings is 2. The lowest BCUT2D eigenvalue weighted by Crippen LogP contribution is -2.33. The Labute approximate surface area is 106 Å². The fourth-order valence-electron chi connectivity index (χ4n) is 2.33. The van der Waals surface area contributed by atoms with Gasteiger partial charge in [0.1, 0.15) is 0 Å². The Morgan fingerprint density at radius 1 is 1.06 bits per heavy atom. The molecule has 0 amide bonds. The summed E-state index contributed by atoms with van der Waals surface area (Å²) in [7, 11) is 0. The van der Waals surface area contributed by atoms with Gasteiger partial charge in [0.25, 0.3) is 5.82 Å². The van der Waals surface area contributed by atoms with Gasteiger partial charge in [0.15, 0.2) is 11.0 Å². The van der Waals surface area contributed by atoms with Crippen LogP contribution < -0.4 is 10.3 Å². The predicted octanol–water partition coefficient (Wildman–Crippen LogP) is 2.72. The highest BCUT2D eigenvalue weighted by atomic mass is 15.1. The minimum Gasteiger partial charge on any atom is -0.399 e. The van der Waals surface area contributed by atoms with E-state index in [0.717, 1.165) is 29.1 Å². The van der Waals surface area contributed by atoms with Crippen LogP contribution in [0, 0.1) is 0 Å². The smallest absolute Gasteiger partial charge is 0.287 e. The van der Waals surface area contributed by atoms with Crippen LogP contribution in [0.3, 0.4) is 0 Å². The van der Waals surface area contributed by atoms with E-state index in [2.05, 4.69) is 34.7 Å². The van der Waals surface area contributed by atoms with Crippen molar-refractivity contribution in [2.45, 2.75) is 13.5 Å². The SMILES string of the molecule is CC[n+]1c(-c2ccc(N)cc2)[nH]c2ccccc21. The van der Waals surface area contributed by atoms with Crippen molar-refractivity contribution in [1.29, 1.82) is 0 Å². The first kappa shape index (κ1) is 10.8. The fourth-order valence-corrected chi connectivity index (χ4v) is 2.33. The lowest BCUT2D eigenvalue weighted by Gasteiger charge is -1.99. The lowest BCUT2D eigenvalue weighted by molar-refractivity contribution is -0.656. The van der Waals surface area contributed by atoms with Crippen LogP contribution in [-0.2, 0) is 6.54 Å². The zero-order valence-electron chi connectivity index (χ0n) is 10.4. The van der Waals surface area contributed by atoms with Crippen molar-refractivity contribution < 1.29 is 4.57 Å². The van der Waals surface area contributed by atoms with Gasteiger partial charge in [-0.3, -0.25) is 0 Å². The Morgan fingerprint density at radius 3 is 2.50 bits per heavy atom. The molecule has 1 aromatic heterocycles. The molecule has 18 heavy (non-hydrogen) atoms. The summed E-state index contributed by atoms with van der Waals surface area (Å²) >= 11 is 0. The van der Waals surface area contributed by atoms with Crippen LogP contribution in [0.1, 0.15) is 6.92 Å². The van der Waals surface area contributed by atoms with Gasteiger partial charge in [-0.25, -0.2) is 9.55 Å². The highest BCUT2D eigenvalue weighted by Gasteiger charge is 2.17.